The first-order valence-electron chi connectivity index (χ1n) is 3.11. The Balaban J connectivity index is 2.86. The molecule has 0 aliphatic rings. The van der Waals surface area contributed by atoms with Crippen molar-refractivity contribution in [3.05, 3.63) is 24.3 Å². The molecular formula is C7H9N3S. The molecule has 0 amide bonds. The molecule has 5 N–H and O–H groups in total. The molecule has 0 aliphatic heterocycles. The van der Waals surface area contributed by atoms with E-state index in [1.807, 2.05) is 18.2 Å². The van der Waals surface area contributed by atoms with Gasteiger partial charge in [-0.05, 0) is 24.4 Å². The van der Waals surface area contributed by atoms with Gasteiger partial charge in [-0.1, -0.05) is 12.1 Å². The number of thiocarbonyl (C=S) groups is 1. The van der Waals surface area contributed by atoms with E-state index in [1.54, 1.807) is 6.07 Å². The van der Waals surface area contributed by atoms with Gasteiger partial charge in [-0.3, -0.25) is 0 Å². The fraction of sp³-hybridized carbons (Fsp3) is 0. The zero-order chi connectivity index (χ0) is 8.27. The molecule has 0 fully saturated rings. The fourth-order valence-corrected chi connectivity index (χ4v) is 0.854. The lowest BCUT2D eigenvalue weighted by atomic mass is 10.3. The maximum Gasteiger partial charge on any atom is 0.168 e. The monoisotopic (exact) mass is 167 g/mol. The van der Waals surface area contributed by atoms with E-state index in [0.717, 1.165) is 5.69 Å². The van der Waals surface area contributed by atoms with Crippen molar-refractivity contribution >= 4 is 28.7 Å². The predicted octanol–water partition coefficient (Wildman–Crippen LogP) is 0.924. The van der Waals surface area contributed by atoms with Gasteiger partial charge in [-0.15, -0.1) is 0 Å². The van der Waals surface area contributed by atoms with E-state index in [4.69, 9.17) is 11.5 Å². The molecule has 11 heavy (non-hydrogen) atoms. The van der Waals surface area contributed by atoms with Crippen molar-refractivity contribution in [1.29, 1.82) is 0 Å². The van der Waals surface area contributed by atoms with Crippen LogP contribution >= 0.6 is 12.2 Å². The molecule has 4 heteroatoms. The van der Waals surface area contributed by atoms with Crippen molar-refractivity contribution in [2.45, 2.75) is 0 Å². The fourth-order valence-electron chi connectivity index (χ4n) is 0.744. The molecule has 0 unspecified atom stereocenters. The van der Waals surface area contributed by atoms with Gasteiger partial charge in [0.05, 0.1) is 11.4 Å². The molecule has 0 aromatic heterocycles. The highest BCUT2D eigenvalue weighted by Gasteiger charge is 1.95. The maximum atomic E-state index is 5.59. The minimum absolute atomic E-state index is 0.225. The van der Waals surface area contributed by atoms with Gasteiger partial charge >= 0.3 is 0 Å². The second-order valence-corrected chi connectivity index (χ2v) is 2.52. The number of hydrogen-bond acceptors (Lipinski definition) is 2. The number of rotatable bonds is 1. The number of benzene rings is 1. The Morgan fingerprint density at radius 3 is 2.55 bits per heavy atom. The van der Waals surface area contributed by atoms with Crippen LogP contribution in [-0.2, 0) is 0 Å². The third kappa shape index (κ3) is 2.09. The Bertz CT molecular complexity index is 272. The summed E-state index contributed by atoms with van der Waals surface area (Å²) >= 11 is 4.65. The van der Waals surface area contributed by atoms with Crippen LogP contribution < -0.4 is 16.8 Å². The summed E-state index contributed by atoms with van der Waals surface area (Å²) in [6.07, 6.45) is 0. The molecule has 0 heterocycles. The van der Waals surface area contributed by atoms with Gasteiger partial charge in [-0.2, -0.15) is 0 Å². The summed E-state index contributed by atoms with van der Waals surface area (Å²) in [4.78, 5) is 0. The Hall–Kier alpha value is -1.29. The van der Waals surface area contributed by atoms with Gasteiger partial charge in [0.15, 0.2) is 5.11 Å². The van der Waals surface area contributed by atoms with E-state index in [-0.39, 0.29) is 5.11 Å². The van der Waals surface area contributed by atoms with Crippen LogP contribution in [0.3, 0.4) is 0 Å². The van der Waals surface area contributed by atoms with Crippen molar-refractivity contribution in [3.63, 3.8) is 0 Å². The van der Waals surface area contributed by atoms with Crippen LogP contribution in [0, 0.1) is 0 Å². The zero-order valence-electron chi connectivity index (χ0n) is 5.87. The van der Waals surface area contributed by atoms with Crippen LogP contribution in [0.15, 0.2) is 24.3 Å². The second-order valence-electron chi connectivity index (χ2n) is 2.08. The summed E-state index contributed by atoms with van der Waals surface area (Å²) in [6, 6.07) is 7.30. The number of anilines is 2. The Morgan fingerprint density at radius 2 is 2.00 bits per heavy atom. The van der Waals surface area contributed by atoms with E-state index < -0.39 is 0 Å². The molecule has 0 saturated heterocycles. The minimum atomic E-state index is 0.225. The second kappa shape index (κ2) is 3.21. The Kier molecular flexibility index (Phi) is 2.28. The quantitative estimate of drug-likeness (QED) is 0.430. The molecule has 0 bridgehead atoms. The molecule has 1 aromatic rings. The molecule has 0 saturated carbocycles. The number of nitrogens with two attached hydrogens (primary N) is 2. The molecule has 1 rings (SSSR count). The number of para-hydroxylation sites is 2. The van der Waals surface area contributed by atoms with E-state index in [1.165, 1.54) is 0 Å². The predicted molar refractivity (Wildman–Crippen MR) is 51.3 cm³/mol. The van der Waals surface area contributed by atoms with Gasteiger partial charge in [0.1, 0.15) is 0 Å². The first kappa shape index (κ1) is 7.81. The van der Waals surface area contributed by atoms with Crippen molar-refractivity contribution < 1.29 is 0 Å². The zero-order valence-corrected chi connectivity index (χ0v) is 6.69. The summed E-state index contributed by atoms with van der Waals surface area (Å²) in [7, 11) is 0. The van der Waals surface area contributed by atoms with Gasteiger partial charge in [0.2, 0.25) is 0 Å². The summed E-state index contributed by atoms with van der Waals surface area (Å²) in [5.74, 6) is 0. The number of nitrogen functional groups attached to an aromatic ring is 1. The van der Waals surface area contributed by atoms with E-state index in [9.17, 15) is 0 Å². The average Bonchev–Trinajstić information content (AvgIpc) is 1.93. The van der Waals surface area contributed by atoms with Crippen LogP contribution in [0.4, 0.5) is 11.4 Å². The highest BCUT2D eigenvalue weighted by molar-refractivity contribution is 7.80. The standard InChI is InChI=1S/C7H9N3S/c8-5-3-1-2-4-6(5)10-7(9)11/h1-4H,8H2,(H3,9,10,11). The van der Waals surface area contributed by atoms with Crippen LogP contribution in [-0.4, -0.2) is 5.11 Å². The highest BCUT2D eigenvalue weighted by atomic mass is 32.1. The first-order chi connectivity index (χ1) is 5.20. The maximum absolute atomic E-state index is 5.59. The Labute approximate surface area is 70.4 Å². The van der Waals surface area contributed by atoms with Crippen molar-refractivity contribution in [2.75, 3.05) is 11.1 Å². The lowest BCUT2D eigenvalue weighted by Gasteiger charge is -2.05. The van der Waals surface area contributed by atoms with Gasteiger partial charge in [0.25, 0.3) is 0 Å². The number of hydrogen-bond donors (Lipinski definition) is 3. The van der Waals surface area contributed by atoms with E-state index in [0.29, 0.717) is 5.69 Å². The molecular weight excluding hydrogens is 158 g/mol. The van der Waals surface area contributed by atoms with Crippen LogP contribution in [0.1, 0.15) is 0 Å². The van der Waals surface area contributed by atoms with Gasteiger partial charge in [-0.25, -0.2) is 0 Å². The van der Waals surface area contributed by atoms with Crippen LogP contribution in [0.2, 0.25) is 0 Å². The third-order valence-corrected chi connectivity index (χ3v) is 1.32. The summed E-state index contributed by atoms with van der Waals surface area (Å²) < 4.78 is 0. The SMILES string of the molecule is NC(=S)Nc1ccccc1N. The lowest BCUT2D eigenvalue weighted by molar-refractivity contribution is 1.60. The summed E-state index contributed by atoms with van der Waals surface area (Å²) in [5.41, 5.74) is 12.2. The summed E-state index contributed by atoms with van der Waals surface area (Å²) in [6.45, 7) is 0. The van der Waals surface area contributed by atoms with E-state index >= 15 is 0 Å². The smallest absolute Gasteiger partial charge is 0.168 e. The van der Waals surface area contributed by atoms with Crippen molar-refractivity contribution in [1.82, 2.24) is 0 Å². The molecule has 0 atom stereocenters. The average molecular weight is 167 g/mol. The van der Waals surface area contributed by atoms with Crippen molar-refractivity contribution in [3.8, 4) is 0 Å². The van der Waals surface area contributed by atoms with Gasteiger partial charge < -0.3 is 16.8 Å². The molecule has 0 aliphatic carbocycles. The van der Waals surface area contributed by atoms with Crippen molar-refractivity contribution in [2.24, 2.45) is 5.73 Å². The van der Waals surface area contributed by atoms with Crippen LogP contribution in [0.5, 0.6) is 0 Å². The number of nitrogens with one attached hydrogen (secondary N) is 1. The normalized spacial score (nSPS) is 9.09. The van der Waals surface area contributed by atoms with E-state index in [2.05, 4.69) is 17.5 Å². The topological polar surface area (TPSA) is 64.1 Å². The molecule has 1 aromatic carbocycles. The molecule has 58 valence electrons. The molecule has 0 radical (unpaired) electrons. The molecule has 0 spiro atoms. The highest BCUT2D eigenvalue weighted by Crippen LogP contribution is 2.15. The summed E-state index contributed by atoms with van der Waals surface area (Å²) in [5, 5.41) is 2.98. The largest absolute Gasteiger partial charge is 0.397 e. The first-order valence-corrected chi connectivity index (χ1v) is 3.52. The van der Waals surface area contributed by atoms with Crippen LogP contribution in [0.25, 0.3) is 0 Å². The van der Waals surface area contributed by atoms with Gasteiger partial charge in [0, 0.05) is 0 Å². The Morgan fingerprint density at radius 1 is 1.36 bits per heavy atom. The molecule has 3 nitrogen and oxygen atoms in total. The minimum Gasteiger partial charge on any atom is -0.397 e. The third-order valence-electron chi connectivity index (χ3n) is 1.22. The lowest BCUT2D eigenvalue weighted by Crippen LogP contribution is -2.19.